The van der Waals surface area contributed by atoms with E-state index in [9.17, 15) is 22.6 Å². The van der Waals surface area contributed by atoms with Crippen LogP contribution in [0, 0.1) is 5.41 Å². The van der Waals surface area contributed by atoms with Gasteiger partial charge in [-0.2, -0.15) is 0 Å². The number of rotatable bonds is 22. The number of aryl methyl sites for hydroxylation is 1. The van der Waals surface area contributed by atoms with Crippen molar-refractivity contribution in [2.24, 2.45) is 5.41 Å². The Bertz CT molecular complexity index is 1060. The fraction of sp³-hybridized carbons (Fsp3) is 0.852. The number of carbonyl (C=O) groups is 2. The number of alkyl halides is 1. The standard InChI is InChI=1S/C27H50BrN4O7PS.V/c1-26(2,22-27(3,28)25(34)39-19-17-32(4,5)16-14-20-41(35,36)37)24(33)38-18-13-11-9-7-8-10-12-15-23-21-31(40-6)30-29-23;/h21,40H,7-20,22H2,1-6H3;. The van der Waals surface area contributed by atoms with Crippen LogP contribution in [0.3, 0.4) is 0 Å². The van der Waals surface area contributed by atoms with Crippen molar-refractivity contribution in [2.45, 2.75) is 89.3 Å². The zero-order valence-corrected chi connectivity index (χ0v) is 30.9. The molecule has 1 aromatic rings. The Hall–Kier alpha value is -0.556. The molecular weight excluding hydrogens is 686 g/mol. The van der Waals surface area contributed by atoms with Crippen molar-refractivity contribution < 1.29 is 55.1 Å². The Morgan fingerprint density at radius 1 is 0.976 bits per heavy atom. The molecule has 0 amide bonds. The first-order chi connectivity index (χ1) is 19.0. The van der Waals surface area contributed by atoms with E-state index in [1.54, 1.807) is 20.8 Å². The molecule has 0 aliphatic rings. The summed E-state index contributed by atoms with van der Waals surface area (Å²) < 4.78 is 44.6. The van der Waals surface area contributed by atoms with Gasteiger partial charge in [-0.1, -0.05) is 53.2 Å². The van der Waals surface area contributed by atoms with Crippen molar-refractivity contribution in [3.05, 3.63) is 11.9 Å². The van der Waals surface area contributed by atoms with Gasteiger partial charge in [-0.3, -0.25) is 9.59 Å². The van der Waals surface area contributed by atoms with E-state index in [0.717, 1.165) is 44.2 Å². The van der Waals surface area contributed by atoms with Gasteiger partial charge in [0.05, 0.1) is 54.7 Å². The largest absolute Gasteiger partial charge is 0.748 e. The quantitative estimate of drug-likeness (QED) is 0.0426. The maximum atomic E-state index is 12.8. The molecule has 0 aromatic carbocycles. The maximum Gasteiger partial charge on any atom is 0.322 e. The SMILES string of the molecule is CPn1cc(CCCCCCCCCOC(=O)C(C)(C)CC(C)(Br)C(=O)OCC[N+](C)(C)CCCS(=O)(=O)[O-])nn1.[V]. The van der Waals surface area contributed by atoms with Crippen LogP contribution in [0.2, 0.25) is 0 Å². The number of ether oxygens (including phenoxy) is 2. The second-order valence-corrected chi connectivity index (χ2v) is 16.3. The summed E-state index contributed by atoms with van der Waals surface area (Å²) in [5.41, 5.74) is 0.172. The van der Waals surface area contributed by atoms with Gasteiger partial charge in [-0.25, -0.2) is 12.9 Å². The molecule has 1 heterocycles. The van der Waals surface area contributed by atoms with Crippen LogP contribution in [0.5, 0.6) is 0 Å². The summed E-state index contributed by atoms with van der Waals surface area (Å²) in [6.45, 7) is 8.69. The number of halogens is 1. The van der Waals surface area contributed by atoms with Gasteiger partial charge < -0.3 is 18.5 Å². The van der Waals surface area contributed by atoms with Crippen LogP contribution in [0.1, 0.15) is 84.3 Å². The third-order valence-corrected chi connectivity index (χ3v) is 8.99. The first kappa shape index (κ1) is 41.4. The Labute approximate surface area is 274 Å². The van der Waals surface area contributed by atoms with E-state index in [1.807, 2.05) is 24.7 Å². The normalized spacial score (nSPS) is 14.0. The van der Waals surface area contributed by atoms with Crippen molar-refractivity contribution in [1.82, 2.24) is 14.8 Å². The van der Waals surface area contributed by atoms with Gasteiger partial charge in [-0.15, -0.1) is 5.10 Å². The average molecular weight is 737 g/mol. The number of nitrogens with zero attached hydrogens (tertiary/aromatic N) is 4. The predicted octanol–water partition coefficient (Wildman–Crippen LogP) is 4.29. The molecule has 11 nitrogen and oxygen atoms in total. The van der Waals surface area contributed by atoms with Gasteiger partial charge in [0, 0.05) is 39.5 Å². The van der Waals surface area contributed by atoms with E-state index >= 15 is 0 Å². The molecule has 15 heteroatoms. The van der Waals surface area contributed by atoms with Gasteiger partial charge in [0.1, 0.15) is 17.5 Å². The van der Waals surface area contributed by atoms with E-state index in [0.29, 0.717) is 32.9 Å². The predicted molar refractivity (Wildman–Crippen MR) is 164 cm³/mol. The van der Waals surface area contributed by atoms with Crippen LogP contribution in [0.4, 0.5) is 0 Å². The topological polar surface area (TPSA) is 141 Å². The number of likely N-dealkylation sites (N-methyl/N-ethyl adjacent to an activating group) is 1. The molecule has 2 atom stereocenters. The van der Waals surface area contributed by atoms with Gasteiger partial charge >= 0.3 is 11.9 Å². The Morgan fingerprint density at radius 2 is 1.55 bits per heavy atom. The fourth-order valence-electron chi connectivity index (χ4n) is 4.47. The second-order valence-electron chi connectivity index (χ2n) is 12.1. The van der Waals surface area contributed by atoms with E-state index in [1.165, 1.54) is 12.8 Å². The molecule has 42 heavy (non-hydrogen) atoms. The summed E-state index contributed by atoms with van der Waals surface area (Å²) in [7, 11) is 0.129. The van der Waals surface area contributed by atoms with E-state index in [2.05, 4.69) is 32.9 Å². The first-order valence-corrected chi connectivity index (χ1v) is 18.2. The minimum atomic E-state index is -4.24. The number of hydrogen-bond acceptors (Lipinski definition) is 9. The monoisotopic (exact) mass is 735 g/mol. The Morgan fingerprint density at radius 3 is 2.12 bits per heavy atom. The van der Waals surface area contributed by atoms with Crippen LogP contribution in [0.25, 0.3) is 0 Å². The minimum absolute atomic E-state index is 0. The summed E-state index contributed by atoms with van der Waals surface area (Å²) in [5.74, 6) is -1.23. The fourth-order valence-corrected chi connectivity index (χ4v) is 6.18. The number of quaternary nitrogens is 1. The molecule has 1 radical (unpaired) electrons. The zero-order valence-electron chi connectivity index (χ0n) is 26.1. The number of esters is 2. The molecule has 0 spiro atoms. The molecule has 0 fully saturated rings. The first-order valence-electron chi connectivity index (χ1n) is 14.4. The van der Waals surface area contributed by atoms with Crippen LogP contribution < -0.4 is 0 Å². The molecule has 0 bridgehead atoms. The maximum absolute atomic E-state index is 12.8. The molecule has 0 saturated heterocycles. The smallest absolute Gasteiger partial charge is 0.322 e. The average Bonchev–Trinajstić information content (AvgIpc) is 3.31. The number of hydrogen-bond donors (Lipinski definition) is 0. The third kappa shape index (κ3) is 18.3. The third-order valence-electron chi connectivity index (χ3n) is 6.92. The Kier molecular flexibility index (Phi) is 19.5. The molecule has 0 N–H and O–H groups in total. The van der Waals surface area contributed by atoms with Crippen molar-refractivity contribution in [3.63, 3.8) is 0 Å². The molecule has 243 valence electrons. The van der Waals surface area contributed by atoms with Crippen molar-refractivity contribution in [2.75, 3.05) is 52.8 Å². The van der Waals surface area contributed by atoms with Crippen molar-refractivity contribution >= 4 is 46.7 Å². The summed E-state index contributed by atoms with van der Waals surface area (Å²) >= 11 is 3.45. The summed E-state index contributed by atoms with van der Waals surface area (Å²) in [4.78, 5) is 25.5. The summed E-state index contributed by atoms with van der Waals surface area (Å²) in [6, 6.07) is 0. The van der Waals surface area contributed by atoms with E-state index in [4.69, 9.17) is 9.47 Å². The molecule has 1 aromatic heterocycles. The van der Waals surface area contributed by atoms with Crippen LogP contribution in [-0.4, -0.2) is 101 Å². The molecule has 2 unspecified atom stereocenters. The van der Waals surface area contributed by atoms with Gasteiger partial charge in [0.15, 0.2) is 0 Å². The molecule has 0 aliphatic carbocycles. The minimum Gasteiger partial charge on any atom is -0.748 e. The summed E-state index contributed by atoms with van der Waals surface area (Å²) in [6.07, 6.45) is 11.0. The number of aromatic nitrogens is 3. The Balaban J connectivity index is 0.0000168. The molecule has 0 aliphatic heterocycles. The van der Waals surface area contributed by atoms with E-state index < -0.39 is 31.6 Å². The molecule has 1 rings (SSSR count). The van der Waals surface area contributed by atoms with Gasteiger partial charge in [-0.05, 0) is 53.1 Å². The van der Waals surface area contributed by atoms with Crippen LogP contribution >= 0.6 is 24.7 Å². The van der Waals surface area contributed by atoms with Crippen LogP contribution in [-0.2, 0) is 54.2 Å². The second kappa shape index (κ2) is 19.8. The summed E-state index contributed by atoms with van der Waals surface area (Å²) in [5, 5.41) is 8.25. The number of unbranched alkanes of at least 4 members (excludes halogenated alkanes) is 6. The number of carbonyl (C=O) groups excluding carboxylic acids is 2. The van der Waals surface area contributed by atoms with Gasteiger partial charge in [0.2, 0.25) is 0 Å². The molecular formula is C27H50BrN4O7PSV. The van der Waals surface area contributed by atoms with Crippen molar-refractivity contribution in [1.29, 1.82) is 0 Å². The molecule has 0 saturated carbocycles. The van der Waals surface area contributed by atoms with Crippen LogP contribution in [0.15, 0.2) is 6.20 Å². The van der Waals surface area contributed by atoms with E-state index in [-0.39, 0.29) is 44.0 Å². The van der Waals surface area contributed by atoms with Crippen molar-refractivity contribution in [3.8, 4) is 0 Å². The van der Waals surface area contributed by atoms with Gasteiger partial charge in [0.25, 0.3) is 0 Å². The zero-order chi connectivity index (χ0) is 31.2.